The van der Waals surface area contributed by atoms with Crippen molar-refractivity contribution in [1.82, 2.24) is 4.98 Å². The molecule has 2 rings (SSSR count). The van der Waals surface area contributed by atoms with Crippen molar-refractivity contribution in [2.24, 2.45) is 0 Å². The Morgan fingerprint density at radius 3 is 2.71 bits per heavy atom. The summed E-state index contributed by atoms with van der Waals surface area (Å²) in [5.41, 5.74) is 4.11. The highest BCUT2D eigenvalue weighted by Crippen LogP contribution is 2.22. The van der Waals surface area contributed by atoms with Crippen LogP contribution in [0, 0.1) is 6.92 Å². The van der Waals surface area contributed by atoms with E-state index in [1.165, 1.54) is 41.4 Å². The van der Waals surface area contributed by atoms with Crippen LogP contribution in [0.2, 0.25) is 0 Å². The van der Waals surface area contributed by atoms with Crippen LogP contribution in [0.4, 0.5) is 0 Å². The minimum Gasteiger partial charge on any atom is -0.358 e. The quantitative estimate of drug-likeness (QED) is 0.752. The minimum atomic E-state index is 1.18. The van der Waals surface area contributed by atoms with Crippen molar-refractivity contribution in [3.05, 3.63) is 35.5 Å². The number of nitrogens with one attached hydrogen (secondary N) is 1. The lowest BCUT2D eigenvalue weighted by Gasteiger charge is -1.97. The second kappa shape index (κ2) is 3.87. The van der Waals surface area contributed by atoms with Crippen LogP contribution >= 0.6 is 0 Å². The van der Waals surface area contributed by atoms with E-state index < -0.39 is 0 Å². The van der Waals surface area contributed by atoms with Crippen molar-refractivity contribution in [2.75, 3.05) is 0 Å². The molecule has 0 aliphatic rings. The molecule has 1 heterocycles. The van der Waals surface area contributed by atoms with Gasteiger partial charge in [-0.3, -0.25) is 0 Å². The van der Waals surface area contributed by atoms with Crippen LogP contribution in [0.3, 0.4) is 0 Å². The summed E-state index contributed by atoms with van der Waals surface area (Å²) in [5, 5.41) is 1.37. The van der Waals surface area contributed by atoms with Crippen LogP contribution in [0.25, 0.3) is 10.9 Å². The Morgan fingerprint density at radius 1 is 1.21 bits per heavy atom. The number of aromatic nitrogens is 1. The summed E-state index contributed by atoms with van der Waals surface area (Å²) in [7, 11) is 0. The number of aryl methyl sites for hydroxylation is 2. The van der Waals surface area contributed by atoms with Crippen LogP contribution in [0.1, 0.15) is 31.0 Å². The van der Waals surface area contributed by atoms with Gasteiger partial charge < -0.3 is 4.98 Å². The summed E-state index contributed by atoms with van der Waals surface area (Å²) in [6, 6.07) is 8.53. The van der Waals surface area contributed by atoms with Crippen molar-refractivity contribution >= 4 is 10.9 Å². The Morgan fingerprint density at radius 2 is 2.00 bits per heavy atom. The van der Waals surface area contributed by atoms with E-state index in [2.05, 4.69) is 43.1 Å². The second-order valence-corrected chi connectivity index (χ2v) is 3.88. The molecule has 0 atom stereocenters. The number of unbranched alkanes of at least 4 members (excludes halogenated alkanes) is 1. The van der Waals surface area contributed by atoms with Crippen LogP contribution in [0.15, 0.2) is 24.3 Å². The fraction of sp³-hybridized carbons (Fsp3) is 0.385. The summed E-state index contributed by atoms with van der Waals surface area (Å²) in [4.78, 5) is 3.50. The van der Waals surface area contributed by atoms with Gasteiger partial charge in [0.15, 0.2) is 0 Å². The molecular formula is C13H17N. The van der Waals surface area contributed by atoms with Crippen LogP contribution < -0.4 is 0 Å². The molecule has 2 aromatic rings. The van der Waals surface area contributed by atoms with E-state index in [-0.39, 0.29) is 0 Å². The number of aromatic amines is 1. The SMILES string of the molecule is CCCCc1[nH]c2ccccc2c1C. The number of fused-ring (bicyclic) bond motifs is 1. The highest BCUT2D eigenvalue weighted by molar-refractivity contribution is 5.84. The average Bonchev–Trinajstić information content (AvgIpc) is 2.54. The standard InChI is InChI=1S/C13H17N/c1-3-4-8-12-10(2)11-7-5-6-9-13(11)14-12/h5-7,9,14H,3-4,8H2,1-2H3. The number of hydrogen-bond acceptors (Lipinski definition) is 0. The van der Waals surface area contributed by atoms with Crippen molar-refractivity contribution in [3.63, 3.8) is 0 Å². The molecule has 0 bridgehead atoms. The van der Waals surface area contributed by atoms with Crippen LogP contribution in [0.5, 0.6) is 0 Å². The number of benzene rings is 1. The van der Waals surface area contributed by atoms with E-state index in [1.54, 1.807) is 0 Å². The maximum Gasteiger partial charge on any atom is 0.0458 e. The van der Waals surface area contributed by atoms with Gasteiger partial charge in [-0.05, 0) is 31.4 Å². The first-order chi connectivity index (χ1) is 6.83. The summed E-state index contributed by atoms with van der Waals surface area (Å²) < 4.78 is 0. The molecule has 0 fully saturated rings. The largest absolute Gasteiger partial charge is 0.358 e. The molecule has 0 radical (unpaired) electrons. The monoisotopic (exact) mass is 187 g/mol. The molecule has 1 aromatic carbocycles. The van der Waals surface area contributed by atoms with Gasteiger partial charge in [-0.2, -0.15) is 0 Å². The van der Waals surface area contributed by atoms with E-state index >= 15 is 0 Å². The molecule has 0 saturated carbocycles. The first-order valence-electron chi connectivity index (χ1n) is 5.39. The first kappa shape index (κ1) is 9.32. The zero-order valence-corrected chi connectivity index (χ0v) is 8.93. The summed E-state index contributed by atoms with van der Waals surface area (Å²) in [5.74, 6) is 0. The average molecular weight is 187 g/mol. The van der Waals surface area contributed by atoms with Crippen molar-refractivity contribution in [1.29, 1.82) is 0 Å². The summed E-state index contributed by atoms with van der Waals surface area (Å²) in [6.07, 6.45) is 3.71. The predicted molar refractivity (Wildman–Crippen MR) is 61.6 cm³/mol. The highest BCUT2D eigenvalue weighted by Gasteiger charge is 2.05. The molecule has 0 spiro atoms. The molecule has 0 unspecified atom stereocenters. The van der Waals surface area contributed by atoms with Gasteiger partial charge in [0.05, 0.1) is 0 Å². The minimum absolute atomic E-state index is 1.18. The number of H-pyrrole nitrogens is 1. The van der Waals surface area contributed by atoms with E-state index in [0.29, 0.717) is 0 Å². The molecule has 0 saturated heterocycles. The summed E-state index contributed by atoms with van der Waals surface area (Å²) >= 11 is 0. The predicted octanol–water partition coefficient (Wildman–Crippen LogP) is 3.82. The molecule has 0 aliphatic heterocycles. The van der Waals surface area contributed by atoms with Gasteiger partial charge in [0.2, 0.25) is 0 Å². The maximum absolute atomic E-state index is 3.50. The molecule has 14 heavy (non-hydrogen) atoms. The Hall–Kier alpha value is -1.24. The van der Waals surface area contributed by atoms with E-state index in [4.69, 9.17) is 0 Å². The van der Waals surface area contributed by atoms with Crippen molar-refractivity contribution < 1.29 is 0 Å². The van der Waals surface area contributed by atoms with Crippen molar-refractivity contribution in [2.45, 2.75) is 33.1 Å². The normalized spacial score (nSPS) is 11.0. The van der Waals surface area contributed by atoms with Gasteiger partial charge >= 0.3 is 0 Å². The Kier molecular flexibility index (Phi) is 2.58. The molecule has 0 aliphatic carbocycles. The Labute approximate surface area is 85.1 Å². The third-order valence-electron chi connectivity index (χ3n) is 2.85. The van der Waals surface area contributed by atoms with Crippen LogP contribution in [-0.4, -0.2) is 4.98 Å². The Bertz CT molecular complexity index is 426. The lowest BCUT2D eigenvalue weighted by atomic mass is 10.1. The van der Waals surface area contributed by atoms with Crippen LogP contribution in [-0.2, 0) is 6.42 Å². The van der Waals surface area contributed by atoms with E-state index in [1.807, 2.05) is 0 Å². The third-order valence-corrected chi connectivity index (χ3v) is 2.85. The second-order valence-electron chi connectivity index (χ2n) is 3.88. The van der Waals surface area contributed by atoms with Gasteiger partial charge in [-0.15, -0.1) is 0 Å². The highest BCUT2D eigenvalue weighted by atomic mass is 14.7. The first-order valence-corrected chi connectivity index (χ1v) is 5.39. The molecule has 74 valence electrons. The molecule has 1 heteroatoms. The lowest BCUT2D eigenvalue weighted by Crippen LogP contribution is -1.86. The van der Waals surface area contributed by atoms with Gasteiger partial charge in [0.1, 0.15) is 0 Å². The van der Waals surface area contributed by atoms with E-state index in [9.17, 15) is 0 Å². The molecule has 1 aromatic heterocycles. The summed E-state index contributed by atoms with van der Waals surface area (Å²) in [6.45, 7) is 4.45. The zero-order chi connectivity index (χ0) is 9.97. The topological polar surface area (TPSA) is 15.8 Å². The Balaban J connectivity index is 2.41. The van der Waals surface area contributed by atoms with Crippen molar-refractivity contribution in [3.8, 4) is 0 Å². The molecular weight excluding hydrogens is 170 g/mol. The third kappa shape index (κ3) is 1.54. The molecule has 1 nitrogen and oxygen atoms in total. The molecule has 0 amide bonds. The maximum atomic E-state index is 3.50. The van der Waals surface area contributed by atoms with Gasteiger partial charge in [-0.1, -0.05) is 31.5 Å². The fourth-order valence-electron chi connectivity index (χ4n) is 1.94. The molecule has 1 N–H and O–H groups in total. The smallest absolute Gasteiger partial charge is 0.0458 e. The number of para-hydroxylation sites is 1. The van der Waals surface area contributed by atoms with Gasteiger partial charge in [-0.25, -0.2) is 0 Å². The zero-order valence-electron chi connectivity index (χ0n) is 8.93. The van der Waals surface area contributed by atoms with Gasteiger partial charge in [0.25, 0.3) is 0 Å². The van der Waals surface area contributed by atoms with E-state index in [0.717, 1.165) is 0 Å². The van der Waals surface area contributed by atoms with Gasteiger partial charge in [0, 0.05) is 16.6 Å². The number of rotatable bonds is 3. The fourth-order valence-corrected chi connectivity index (χ4v) is 1.94. The lowest BCUT2D eigenvalue weighted by molar-refractivity contribution is 0.779. The number of hydrogen-bond donors (Lipinski definition) is 1.